The second kappa shape index (κ2) is 4.67. The van der Waals surface area contributed by atoms with Crippen molar-refractivity contribution in [2.75, 3.05) is 0 Å². The van der Waals surface area contributed by atoms with Gasteiger partial charge in [-0.25, -0.2) is 4.79 Å². The fourth-order valence-corrected chi connectivity index (χ4v) is 1.92. The summed E-state index contributed by atoms with van der Waals surface area (Å²) in [5.74, 6) is -1.14. The minimum atomic E-state index is -1.14. The van der Waals surface area contributed by atoms with Gasteiger partial charge in [-0.1, -0.05) is 5.11 Å². The van der Waals surface area contributed by atoms with E-state index in [1.807, 2.05) is 0 Å². The van der Waals surface area contributed by atoms with Crippen molar-refractivity contribution in [2.45, 2.75) is 20.8 Å². The third-order valence-corrected chi connectivity index (χ3v) is 2.74. The number of carboxylic acid groups (broad SMARTS) is 1. The average molecular weight is 233 g/mol. The van der Waals surface area contributed by atoms with Crippen LogP contribution in [0.5, 0.6) is 0 Å². The normalized spacial score (nSPS) is 9.59. The number of carbonyl (C=O) groups is 2. The summed E-state index contributed by atoms with van der Waals surface area (Å²) in [4.78, 5) is 24.7. The molecule has 0 bridgehead atoms. The van der Waals surface area contributed by atoms with Gasteiger partial charge in [-0.3, -0.25) is 4.79 Å². The zero-order chi connectivity index (χ0) is 13.2. The van der Waals surface area contributed by atoms with Crippen LogP contribution in [0.1, 0.15) is 37.4 Å². The van der Waals surface area contributed by atoms with Gasteiger partial charge < -0.3 is 5.11 Å². The smallest absolute Gasteiger partial charge is 0.336 e. The van der Waals surface area contributed by atoms with E-state index in [0.717, 1.165) is 0 Å². The lowest BCUT2D eigenvalue weighted by Crippen LogP contribution is -2.08. The van der Waals surface area contributed by atoms with Crippen molar-refractivity contribution in [1.29, 1.82) is 0 Å². The summed E-state index contributed by atoms with van der Waals surface area (Å²) in [5, 5.41) is 12.6. The molecule has 88 valence electrons. The Morgan fingerprint density at radius 1 is 1.29 bits per heavy atom. The molecule has 6 nitrogen and oxygen atoms in total. The van der Waals surface area contributed by atoms with Gasteiger partial charge in [-0.05, 0) is 43.0 Å². The third-order valence-electron chi connectivity index (χ3n) is 2.74. The molecular formula is C11H11N3O3. The lowest BCUT2D eigenvalue weighted by atomic mass is 9.92. The van der Waals surface area contributed by atoms with Crippen molar-refractivity contribution in [3.63, 3.8) is 0 Å². The van der Waals surface area contributed by atoms with Gasteiger partial charge in [0.2, 0.25) is 0 Å². The van der Waals surface area contributed by atoms with E-state index >= 15 is 0 Å². The van der Waals surface area contributed by atoms with Crippen molar-refractivity contribution < 1.29 is 14.7 Å². The van der Waals surface area contributed by atoms with Crippen LogP contribution in [0, 0.1) is 20.8 Å². The van der Waals surface area contributed by atoms with Crippen molar-refractivity contribution >= 4 is 17.9 Å². The summed E-state index contributed by atoms with van der Waals surface area (Å²) in [6, 6.07) is 0. The van der Waals surface area contributed by atoms with E-state index in [9.17, 15) is 9.59 Å². The summed E-state index contributed by atoms with van der Waals surface area (Å²) in [6.07, 6.45) is 0.576. The largest absolute Gasteiger partial charge is 0.478 e. The zero-order valence-corrected chi connectivity index (χ0v) is 9.68. The Morgan fingerprint density at radius 3 is 2.29 bits per heavy atom. The Labute approximate surface area is 97.5 Å². The molecule has 0 saturated heterocycles. The zero-order valence-electron chi connectivity index (χ0n) is 9.68. The number of aromatic carboxylic acids is 1. The number of hydrogen-bond acceptors (Lipinski definition) is 3. The van der Waals surface area contributed by atoms with Crippen molar-refractivity contribution in [1.82, 2.24) is 0 Å². The number of aldehydes is 1. The van der Waals surface area contributed by atoms with Gasteiger partial charge in [0.1, 0.15) is 0 Å². The number of carboxylic acids is 1. The van der Waals surface area contributed by atoms with E-state index < -0.39 is 5.97 Å². The van der Waals surface area contributed by atoms with Gasteiger partial charge in [0.15, 0.2) is 6.29 Å². The minimum absolute atomic E-state index is 0.0140. The second-order valence-electron chi connectivity index (χ2n) is 3.62. The first-order chi connectivity index (χ1) is 7.95. The first-order valence-corrected chi connectivity index (χ1v) is 4.83. The molecule has 0 aliphatic heterocycles. The number of carbonyl (C=O) groups excluding carboxylic acids is 1. The van der Waals surface area contributed by atoms with Crippen LogP contribution in [0.25, 0.3) is 10.4 Å². The maximum Gasteiger partial charge on any atom is 0.336 e. The molecule has 0 radical (unpaired) electrons. The fourth-order valence-electron chi connectivity index (χ4n) is 1.92. The van der Waals surface area contributed by atoms with E-state index in [4.69, 9.17) is 10.6 Å². The highest BCUT2D eigenvalue weighted by Crippen LogP contribution is 2.32. The molecule has 0 heterocycles. The first kappa shape index (κ1) is 12.7. The molecule has 0 aliphatic carbocycles. The van der Waals surface area contributed by atoms with Crippen LogP contribution >= 0.6 is 0 Å². The number of benzene rings is 1. The molecule has 1 rings (SSSR count). The molecule has 1 N–H and O–H groups in total. The maximum absolute atomic E-state index is 11.1. The van der Waals surface area contributed by atoms with Crippen LogP contribution in [-0.2, 0) is 0 Å². The Hall–Kier alpha value is -2.33. The predicted molar refractivity (Wildman–Crippen MR) is 61.8 cm³/mol. The number of hydrogen-bond donors (Lipinski definition) is 1. The van der Waals surface area contributed by atoms with Crippen LogP contribution in [0.3, 0.4) is 0 Å². The number of azide groups is 1. The maximum atomic E-state index is 11.1. The van der Waals surface area contributed by atoms with E-state index in [1.54, 1.807) is 20.8 Å². The number of rotatable bonds is 3. The van der Waals surface area contributed by atoms with E-state index in [1.165, 1.54) is 0 Å². The Bertz CT molecular complexity index is 529. The van der Waals surface area contributed by atoms with E-state index in [2.05, 4.69) is 10.0 Å². The molecule has 0 saturated carbocycles. The monoisotopic (exact) mass is 233 g/mol. The van der Waals surface area contributed by atoms with Crippen LogP contribution in [0.2, 0.25) is 0 Å². The van der Waals surface area contributed by atoms with Gasteiger partial charge >= 0.3 is 5.97 Å². The molecule has 17 heavy (non-hydrogen) atoms. The van der Waals surface area contributed by atoms with E-state index in [0.29, 0.717) is 23.0 Å². The summed E-state index contributed by atoms with van der Waals surface area (Å²) in [6.45, 7) is 4.74. The summed E-state index contributed by atoms with van der Waals surface area (Å²) in [5.41, 5.74) is 10.2. The Kier molecular flexibility index (Phi) is 3.50. The van der Waals surface area contributed by atoms with Crippen LogP contribution < -0.4 is 0 Å². The van der Waals surface area contributed by atoms with Crippen LogP contribution in [0.15, 0.2) is 5.11 Å². The predicted octanol–water partition coefficient (Wildman–Crippen LogP) is 3.06. The molecule has 0 fully saturated rings. The topological polar surface area (TPSA) is 103 Å². The Balaban J connectivity index is 3.87. The molecule has 0 atom stereocenters. The SMILES string of the molecule is Cc1c(C=O)c(C)c(C(=O)O)c(C)c1N=[N+]=[N-]. The quantitative estimate of drug-likeness (QED) is 0.375. The fraction of sp³-hybridized carbons (Fsp3) is 0.273. The Morgan fingerprint density at radius 2 is 1.88 bits per heavy atom. The molecule has 0 spiro atoms. The van der Waals surface area contributed by atoms with Gasteiger partial charge in [-0.15, -0.1) is 0 Å². The first-order valence-electron chi connectivity index (χ1n) is 4.83. The summed E-state index contributed by atoms with van der Waals surface area (Å²) in [7, 11) is 0. The molecule has 0 amide bonds. The highest BCUT2D eigenvalue weighted by molar-refractivity contribution is 5.97. The highest BCUT2D eigenvalue weighted by Gasteiger charge is 2.20. The van der Waals surface area contributed by atoms with Crippen molar-refractivity contribution in [3.8, 4) is 0 Å². The minimum Gasteiger partial charge on any atom is -0.478 e. The van der Waals surface area contributed by atoms with Crippen molar-refractivity contribution in [3.05, 3.63) is 38.3 Å². The van der Waals surface area contributed by atoms with Gasteiger partial charge in [-0.2, -0.15) is 0 Å². The molecule has 1 aromatic carbocycles. The standard InChI is InChI=1S/C11H11N3O3/c1-5-8(4-15)6(2)10(13-14-12)7(3)9(5)11(16)17/h4H,1-3H3,(H,16,17). The summed E-state index contributed by atoms with van der Waals surface area (Å²) >= 11 is 0. The summed E-state index contributed by atoms with van der Waals surface area (Å²) < 4.78 is 0. The lowest BCUT2D eigenvalue weighted by molar-refractivity contribution is 0.0695. The molecular weight excluding hydrogens is 222 g/mol. The molecule has 0 aromatic heterocycles. The molecule has 0 unspecified atom stereocenters. The van der Waals surface area contributed by atoms with Crippen LogP contribution in [-0.4, -0.2) is 17.4 Å². The molecule has 0 aliphatic rings. The van der Waals surface area contributed by atoms with Gasteiger partial charge in [0.25, 0.3) is 0 Å². The van der Waals surface area contributed by atoms with Crippen molar-refractivity contribution in [2.24, 2.45) is 5.11 Å². The molecule has 6 heteroatoms. The molecule has 1 aromatic rings. The second-order valence-corrected chi connectivity index (χ2v) is 3.62. The van der Waals surface area contributed by atoms with E-state index in [-0.39, 0.29) is 16.8 Å². The lowest BCUT2D eigenvalue weighted by Gasteiger charge is -2.14. The van der Waals surface area contributed by atoms with Gasteiger partial charge in [0, 0.05) is 16.2 Å². The highest BCUT2D eigenvalue weighted by atomic mass is 16.4. The third kappa shape index (κ3) is 1.98. The number of nitrogens with zero attached hydrogens (tertiary/aromatic N) is 3. The average Bonchev–Trinajstić information content (AvgIpc) is 2.24. The van der Waals surface area contributed by atoms with Crippen LogP contribution in [0.4, 0.5) is 5.69 Å². The van der Waals surface area contributed by atoms with Gasteiger partial charge in [0.05, 0.1) is 5.56 Å².